The monoisotopic (exact) mass is 346 g/mol. The molecule has 9 heteroatoms. The SMILES string of the molecule is COCCn1c(CO)nnc1C1CC(NC(=O)c2ccc(N)nc2)C1. The maximum Gasteiger partial charge on any atom is 0.253 e. The van der Waals surface area contributed by atoms with E-state index in [1.165, 1.54) is 6.20 Å². The van der Waals surface area contributed by atoms with Crippen LogP contribution in [-0.4, -0.2) is 50.5 Å². The molecule has 0 aliphatic heterocycles. The Morgan fingerprint density at radius 2 is 2.24 bits per heavy atom. The van der Waals surface area contributed by atoms with Gasteiger partial charge in [-0.05, 0) is 25.0 Å². The molecule has 1 aliphatic carbocycles. The third-order valence-electron chi connectivity index (χ3n) is 4.40. The van der Waals surface area contributed by atoms with Gasteiger partial charge in [0.1, 0.15) is 18.2 Å². The van der Waals surface area contributed by atoms with Crippen LogP contribution in [0.25, 0.3) is 0 Å². The van der Waals surface area contributed by atoms with Crippen molar-refractivity contribution < 1.29 is 14.6 Å². The summed E-state index contributed by atoms with van der Waals surface area (Å²) in [6.45, 7) is 0.960. The van der Waals surface area contributed by atoms with Gasteiger partial charge in [0.2, 0.25) is 0 Å². The van der Waals surface area contributed by atoms with Gasteiger partial charge < -0.3 is 25.5 Å². The number of hydrogen-bond donors (Lipinski definition) is 3. The number of rotatable bonds is 7. The van der Waals surface area contributed by atoms with E-state index in [0.717, 1.165) is 18.7 Å². The van der Waals surface area contributed by atoms with Gasteiger partial charge in [-0.25, -0.2) is 4.98 Å². The largest absolute Gasteiger partial charge is 0.388 e. The second-order valence-corrected chi connectivity index (χ2v) is 6.09. The van der Waals surface area contributed by atoms with Crippen molar-refractivity contribution in [3.63, 3.8) is 0 Å². The number of hydrogen-bond acceptors (Lipinski definition) is 7. The molecule has 0 aromatic carbocycles. The fourth-order valence-electron chi connectivity index (χ4n) is 2.95. The second kappa shape index (κ2) is 7.58. The quantitative estimate of drug-likeness (QED) is 0.647. The van der Waals surface area contributed by atoms with Crippen LogP contribution in [0.4, 0.5) is 5.82 Å². The van der Waals surface area contributed by atoms with E-state index in [1.54, 1.807) is 19.2 Å². The molecule has 0 radical (unpaired) electrons. The number of pyridine rings is 1. The molecule has 0 bridgehead atoms. The number of methoxy groups -OCH3 is 1. The highest BCUT2D eigenvalue weighted by molar-refractivity contribution is 5.94. The molecule has 1 saturated carbocycles. The van der Waals surface area contributed by atoms with Crippen molar-refractivity contribution in [1.82, 2.24) is 25.1 Å². The highest BCUT2D eigenvalue weighted by atomic mass is 16.5. The zero-order valence-electron chi connectivity index (χ0n) is 14.1. The van der Waals surface area contributed by atoms with Crippen LogP contribution in [0.5, 0.6) is 0 Å². The van der Waals surface area contributed by atoms with E-state index in [-0.39, 0.29) is 24.5 Å². The first-order valence-corrected chi connectivity index (χ1v) is 8.16. The van der Waals surface area contributed by atoms with E-state index in [4.69, 9.17) is 10.5 Å². The summed E-state index contributed by atoms with van der Waals surface area (Å²) in [7, 11) is 1.63. The number of carbonyl (C=O) groups excluding carboxylic acids is 1. The van der Waals surface area contributed by atoms with Crippen LogP contribution < -0.4 is 11.1 Å². The van der Waals surface area contributed by atoms with E-state index >= 15 is 0 Å². The summed E-state index contributed by atoms with van der Waals surface area (Å²) in [6.07, 6.45) is 3.03. The molecule has 1 aliphatic rings. The fraction of sp³-hybridized carbons (Fsp3) is 0.500. The van der Waals surface area contributed by atoms with E-state index in [0.29, 0.717) is 30.4 Å². The maximum atomic E-state index is 12.2. The van der Waals surface area contributed by atoms with Crippen LogP contribution in [0.1, 0.15) is 40.8 Å². The first-order chi connectivity index (χ1) is 12.1. The number of ether oxygens (including phenoxy) is 1. The molecule has 9 nitrogen and oxygen atoms in total. The molecule has 0 saturated heterocycles. The Hall–Kier alpha value is -2.52. The smallest absolute Gasteiger partial charge is 0.253 e. The predicted octanol–water partition coefficient (Wildman–Crippen LogP) is 0.0700. The van der Waals surface area contributed by atoms with Crippen molar-refractivity contribution >= 4 is 11.7 Å². The van der Waals surface area contributed by atoms with Gasteiger partial charge in [-0.2, -0.15) is 0 Å². The number of aromatic nitrogens is 4. The molecule has 0 spiro atoms. The summed E-state index contributed by atoms with van der Waals surface area (Å²) in [6, 6.07) is 3.34. The Balaban J connectivity index is 1.58. The number of nitrogens with two attached hydrogens (primary N) is 1. The lowest BCUT2D eigenvalue weighted by Crippen LogP contribution is -2.44. The number of nitrogens with zero attached hydrogens (tertiary/aromatic N) is 4. The molecule has 1 fully saturated rings. The van der Waals surface area contributed by atoms with Crippen LogP contribution in [0, 0.1) is 0 Å². The molecule has 0 unspecified atom stereocenters. The predicted molar refractivity (Wildman–Crippen MR) is 89.7 cm³/mol. The first kappa shape index (κ1) is 17.3. The maximum absolute atomic E-state index is 12.2. The second-order valence-electron chi connectivity index (χ2n) is 6.09. The van der Waals surface area contributed by atoms with Gasteiger partial charge in [-0.1, -0.05) is 0 Å². The first-order valence-electron chi connectivity index (χ1n) is 8.16. The summed E-state index contributed by atoms with van der Waals surface area (Å²) < 4.78 is 7.00. The Morgan fingerprint density at radius 3 is 2.88 bits per heavy atom. The van der Waals surface area contributed by atoms with Crippen molar-refractivity contribution in [3.05, 3.63) is 35.5 Å². The molecule has 2 aromatic rings. The summed E-state index contributed by atoms with van der Waals surface area (Å²) in [4.78, 5) is 16.1. The zero-order chi connectivity index (χ0) is 17.8. The molecule has 1 amide bonds. The Labute approximate surface area is 145 Å². The zero-order valence-corrected chi connectivity index (χ0v) is 14.1. The number of nitrogens with one attached hydrogen (secondary N) is 1. The van der Waals surface area contributed by atoms with Gasteiger partial charge in [0.25, 0.3) is 5.91 Å². The van der Waals surface area contributed by atoms with Crippen LogP contribution >= 0.6 is 0 Å². The summed E-state index contributed by atoms with van der Waals surface area (Å²) >= 11 is 0. The van der Waals surface area contributed by atoms with Crippen LogP contribution in [-0.2, 0) is 17.9 Å². The normalized spacial score (nSPS) is 19.4. The molecule has 4 N–H and O–H groups in total. The third kappa shape index (κ3) is 3.77. The minimum absolute atomic E-state index is 0.0835. The minimum Gasteiger partial charge on any atom is -0.388 e. The summed E-state index contributed by atoms with van der Waals surface area (Å²) in [5, 5.41) is 20.6. The fourth-order valence-corrected chi connectivity index (χ4v) is 2.95. The number of anilines is 1. The molecular weight excluding hydrogens is 324 g/mol. The number of aliphatic hydroxyl groups excluding tert-OH is 1. The van der Waals surface area contributed by atoms with Crippen molar-refractivity contribution in [2.45, 2.75) is 38.0 Å². The van der Waals surface area contributed by atoms with Gasteiger partial charge in [0, 0.05) is 31.8 Å². The number of carbonyl (C=O) groups is 1. The summed E-state index contributed by atoms with van der Waals surface area (Å²) in [5.41, 5.74) is 6.01. The van der Waals surface area contributed by atoms with E-state index in [2.05, 4.69) is 20.5 Å². The molecule has 0 atom stereocenters. The highest BCUT2D eigenvalue weighted by Crippen LogP contribution is 2.36. The number of nitrogen functional groups attached to an aromatic ring is 1. The summed E-state index contributed by atoms with van der Waals surface area (Å²) in [5.74, 6) is 1.80. The standard InChI is InChI=1S/C16H22N6O3/c1-25-5-4-22-14(9-23)20-21-15(22)11-6-12(7-11)19-16(24)10-2-3-13(17)18-8-10/h2-3,8,11-12,23H,4-7,9H2,1H3,(H2,17,18)(H,19,24). The van der Waals surface area contributed by atoms with E-state index < -0.39 is 0 Å². The van der Waals surface area contributed by atoms with Crippen molar-refractivity contribution in [3.8, 4) is 0 Å². The Bertz CT molecular complexity index is 724. The van der Waals surface area contributed by atoms with Gasteiger partial charge in [-0.3, -0.25) is 4.79 Å². The van der Waals surface area contributed by atoms with Gasteiger partial charge >= 0.3 is 0 Å². The van der Waals surface area contributed by atoms with Crippen LogP contribution in [0.3, 0.4) is 0 Å². The molecule has 2 aromatic heterocycles. The van der Waals surface area contributed by atoms with Gasteiger partial charge in [-0.15, -0.1) is 10.2 Å². The average molecular weight is 346 g/mol. The van der Waals surface area contributed by atoms with Crippen molar-refractivity contribution in [2.24, 2.45) is 0 Å². The topological polar surface area (TPSA) is 128 Å². The van der Waals surface area contributed by atoms with Gasteiger partial charge in [0.15, 0.2) is 5.82 Å². The van der Waals surface area contributed by atoms with Crippen LogP contribution in [0.2, 0.25) is 0 Å². The van der Waals surface area contributed by atoms with Crippen LogP contribution in [0.15, 0.2) is 18.3 Å². The van der Waals surface area contributed by atoms with Crippen molar-refractivity contribution in [2.75, 3.05) is 19.5 Å². The minimum atomic E-state index is -0.159. The lowest BCUT2D eigenvalue weighted by molar-refractivity contribution is 0.0906. The molecule has 2 heterocycles. The number of aliphatic hydroxyl groups is 1. The highest BCUT2D eigenvalue weighted by Gasteiger charge is 2.35. The van der Waals surface area contributed by atoms with E-state index in [1.807, 2.05) is 4.57 Å². The molecule has 3 rings (SSSR count). The van der Waals surface area contributed by atoms with Crippen molar-refractivity contribution in [1.29, 1.82) is 0 Å². The lowest BCUT2D eigenvalue weighted by Gasteiger charge is -2.35. The lowest BCUT2D eigenvalue weighted by atomic mass is 9.79. The molecule has 25 heavy (non-hydrogen) atoms. The van der Waals surface area contributed by atoms with Gasteiger partial charge in [0.05, 0.1) is 12.2 Å². The Kier molecular flexibility index (Phi) is 5.25. The van der Waals surface area contributed by atoms with E-state index in [9.17, 15) is 9.90 Å². The average Bonchev–Trinajstić information content (AvgIpc) is 2.98. The molecule has 134 valence electrons. The Morgan fingerprint density at radius 1 is 1.44 bits per heavy atom. The number of amides is 1. The molecular formula is C16H22N6O3. The third-order valence-corrected chi connectivity index (χ3v) is 4.40.